The first-order valence-electron chi connectivity index (χ1n) is 13.2. The number of pyridine rings is 1. The molecule has 1 aliphatic carbocycles. The maximum absolute atomic E-state index is 13.3. The molecule has 2 aliphatic rings. The second-order valence-electron chi connectivity index (χ2n) is 10.0. The SMILES string of the molecule is O=C(c1ccc(C(=O)c2ccc3c(c2)OCCO3)c(C(=O)O)c1)c1ccc(N(CC2CC2)c2ccc(Cl)cc2)cn1. The molecule has 1 aliphatic heterocycles. The molecule has 0 saturated heterocycles. The number of halogens is 1. The molecule has 6 rings (SSSR count). The number of ether oxygens (including phenoxy) is 2. The van der Waals surface area contributed by atoms with E-state index in [1.165, 1.54) is 37.1 Å². The molecule has 9 heteroatoms. The smallest absolute Gasteiger partial charge is 0.336 e. The molecule has 1 saturated carbocycles. The van der Waals surface area contributed by atoms with E-state index in [4.69, 9.17) is 21.1 Å². The highest BCUT2D eigenvalue weighted by Gasteiger charge is 2.26. The molecule has 0 spiro atoms. The minimum absolute atomic E-state index is 0.0345. The van der Waals surface area contributed by atoms with Crippen molar-refractivity contribution in [1.29, 1.82) is 0 Å². The predicted octanol–water partition coefficient (Wildman–Crippen LogP) is 6.21. The van der Waals surface area contributed by atoms with E-state index in [1.54, 1.807) is 24.4 Å². The minimum atomic E-state index is -1.32. The number of carboxylic acid groups (broad SMARTS) is 1. The van der Waals surface area contributed by atoms with Gasteiger partial charge in [-0.2, -0.15) is 0 Å². The van der Waals surface area contributed by atoms with Crippen molar-refractivity contribution in [3.63, 3.8) is 0 Å². The Hall–Kier alpha value is -4.69. The Morgan fingerprint density at radius 3 is 2.17 bits per heavy atom. The van der Waals surface area contributed by atoms with E-state index in [0.717, 1.165) is 17.9 Å². The number of aromatic nitrogens is 1. The molecule has 0 atom stereocenters. The van der Waals surface area contributed by atoms with Crippen molar-refractivity contribution in [1.82, 2.24) is 4.98 Å². The molecule has 3 aromatic carbocycles. The van der Waals surface area contributed by atoms with Gasteiger partial charge in [0, 0.05) is 33.9 Å². The topological polar surface area (TPSA) is 106 Å². The molecule has 0 amide bonds. The van der Waals surface area contributed by atoms with Gasteiger partial charge in [-0.25, -0.2) is 4.79 Å². The third-order valence-electron chi connectivity index (χ3n) is 7.13. The van der Waals surface area contributed by atoms with Crippen LogP contribution in [-0.2, 0) is 0 Å². The van der Waals surface area contributed by atoms with Crippen LogP contribution in [0.2, 0.25) is 5.02 Å². The molecule has 4 aromatic rings. The summed E-state index contributed by atoms with van der Waals surface area (Å²) in [6, 6.07) is 19.8. The second-order valence-corrected chi connectivity index (χ2v) is 10.5. The zero-order valence-electron chi connectivity index (χ0n) is 21.9. The number of benzene rings is 3. The van der Waals surface area contributed by atoms with E-state index in [0.29, 0.717) is 35.7 Å². The van der Waals surface area contributed by atoms with Crippen LogP contribution >= 0.6 is 11.6 Å². The van der Waals surface area contributed by atoms with Crippen LogP contribution in [0.25, 0.3) is 0 Å². The summed E-state index contributed by atoms with van der Waals surface area (Å²) in [6.45, 7) is 1.60. The Bertz CT molecular complexity index is 1650. The highest BCUT2D eigenvalue weighted by Crippen LogP contribution is 2.36. The van der Waals surface area contributed by atoms with Crippen molar-refractivity contribution >= 4 is 40.5 Å². The standard InChI is InChI=1S/C32H25ClN2O6/c33-22-5-7-23(8-6-22)35(18-19-1-2-19)24-9-11-27(34-17-24)31(37)20-3-10-25(26(15-20)32(38)39)30(36)21-4-12-28-29(16-21)41-14-13-40-28/h3-12,15-17,19H,1-2,13-14,18H2,(H,38,39). The van der Waals surface area contributed by atoms with Crippen molar-refractivity contribution in [3.05, 3.63) is 112 Å². The Labute approximate surface area is 241 Å². The van der Waals surface area contributed by atoms with Crippen LogP contribution < -0.4 is 14.4 Å². The fourth-order valence-corrected chi connectivity index (χ4v) is 4.89. The molecular formula is C32H25ClN2O6. The average Bonchev–Trinajstić information content (AvgIpc) is 3.83. The number of hydrogen-bond donors (Lipinski definition) is 1. The normalized spacial score (nSPS) is 13.9. The van der Waals surface area contributed by atoms with Gasteiger partial charge in [-0.15, -0.1) is 0 Å². The van der Waals surface area contributed by atoms with Gasteiger partial charge < -0.3 is 19.5 Å². The molecule has 1 aromatic heterocycles. The first-order chi connectivity index (χ1) is 19.9. The van der Waals surface area contributed by atoms with Crippen LogP contribution in [-0.4, -0.2) is 47.4 Å². The van der Waals surface area contributed by atoms with Crippen LogP contribution in [0.5, 0.6) is 11.5 Å². The van der Waals surface area contributed by atoms with Crippen LogP contribution in [0, 0.1) is 5.92 Å². The van der Waals surface area contributed by atoms with Crippen molar-refractivity contribution in [3.8, 4) is 11.5 Å². The van der Waals surface area contributed by atoms with Gasteiger partial charge in [-0.1, -0.05) is 17.7 Å². The van der Waals surface area contributed by atoms with Crippen molar-refractivity contribution in [2.45, 2.75) is 12.8 Å². The highest BCUT2D eigenvalue weighted by atomic mass is 35.5. The van der Waals surface area contributed by atoms with Gasteiger partial charge in [0.15, 0.2) is 17.3 Å². The number of rotatable bonds is 9. The van der Waals surface area contributed by atoms with Crippen LogP contribution in [0.15, 0.2) is 79.0 Å². The maximum atomic E-state index is 13.3. The molecule has 2 heterocycles. The van der Waals surface area contributed by atoms with Gasteiger partial charge in [0.25, 0.3) is 0 Å². The molecular weight excluding hydrogens is 544 g/mol. The first kappa shape index (κ1) is 26.5. The van der Waals surface area contributed by atoms with Crippen LogP contribution in [0.4, 0.5) is 11.4 Å². The van der Waals surface area contributed by atoms with Crippen molar-refractivity contribution in [2.24, 2.45) is 5.92 Å². The molecule has 206 valence electrons. The quantitative estimate of drug-likeness (QED) is 0.237. The fourth-order valence-electron chi connectivity index (χ4n) is 4.77. The summed E-state index contributed by atoms with van der Waals surface area (Å²) in [6.07, 6.45) is 3.99. The minimum Gasteiger partial charge on any atom is -0.486 e. The summed E-state index contributed by atoms with van der Waals surface area (Å²) in [5.41, 5.74) is 2.05. The number of fused-ring (bicyclic) bond motifs is 1. The van der Waals surface area contributed by atoms with Crippen molar-refractivity contribution in [2.75, 3.05) is 24.7 Å². The van der Waals surface area contributed by atoms with Gasteiger partial charge in [0.1, 0.15) is 18.9 Å². The van der Waals surface area contributed by atoms with Crippen LogP contribution in [0.1, 0.15) is 55.2 Å². The fraction of sp³-hybridized carbons (Fsp3) is 0.188. The molecule has 41 heavy (non-hydrogen) atoms. The second kappa shape index (κ2) is 11.1. The Balaban J connectivity index is 1.25. The summed E-state index contributed by atoms with van der Waals surface area (Å²) in [7, 11) is 0. The predicted molar refractivity (Wildman–Crippen MR) is 153 cm³/mol. The molecule has 0 radical (unpaired) electrons. The number of carbonyl (C=O) groups is 3. The summed E-state index contributed by atoms with van der Waals surface area (Å²) in [4.78, 5) is 45.3. The van der Waals surface area contributed by atoms with E-state index >= 15 is 0 Å². The number of aromatic carboxylic acids is 1. The molecule has 1 N–H and O–H groups in total. The van der Waals surface area contributed by atoms with Crippen LogP contribution in [0.3, 0.4) is 0 Å². The Morgan fingerprint density at radius 1 is 0.805 bits per heavy atom. The third kappa shape index (κ3) is 5.64. The zero-order chi connectivity index (χ0) is 28.5. The number of anilines is 2. The van der Waals surface area contributed by atoms with Gasteiger partial charge >= 0.3 is 5.97 Å². The summed E-state index contributed by atoms with van der Waals surface area (Å²) in [5, 5.41) is 10.5. The van der Waals surface area contributed by atoms with E-state index < -0.39 is 17.5 Å². The number of carbonyl (C=O) groups excluding carboxylic acids is 2. The first-order valence-corrected chi connectivity index (χ1v) is 13.6. The highest BCUT2D eigenvalue weighted by molar-refractivity contribution is 6.30. The van der Waals surface area contributed by atoms with Gasteiger partial charge in [-0.05, 0) is 85.5 Å². The van der Waals surface area contributed by atoms with E-state index in [-0.39, 0.29) is 27.9 Å². The Morgan fingerprint density at radius 2 is 1.49 bits per heavy atom. The number of nitrogens with zero attached hydrogens (tertiary/aromatic N) is 2. The van der Waals surface area contributed by atoms with E-state index in [2.05, 4.69) is 9.88 Å². The zero-order valence-corrected chi connectivity index (χ0v) is 22.6. The van der Waals surface area contributed by atoms with E-state index in [1.807, 2.05) is 30.3 Å². The molecule has 1 fully saturated rings. The lowest BCUT2D eigenvalue weighted by atomic mass is 9.94. The maximum Gasteiger partial charge on any atom is 0.336 e. The lowest BCUT2D eigenvalue weighted by molar-refractivity contribution is 0.0692. The summed E-state index contributed by atoms with van der Waals surface area (Å²) >= 11 is 6.08. The largest absolute Gasteiger partial charge is 0.486 e. The third-order valence-corrected chi connectivity index (χ3v) is 7.38. The number of hydrogen-bond acceptors (Lipinski definition) is 7. The lowest BCUT2D eigenvalue weighted by Crippen LogP contribution is -2.20. The van der Waals surface area contributed by atoms with Crippen molar-refractivity contribution < 1.29 is 29.0 Å². The molecule has 8 nitrogen and oxygen atoms in total. The Kier molecular flexibility index (Phi) is 7.15. The number of ketones is 2. The summed E-state index contributed by atoms with van der Waals surface area (Å²) < 4.78 is 11.0. The van der Waals surface area contributed by atoms with Gasteiger partial charge in [-0.3, -0.25) is 14.6 Å². The lowest BCUT2D eigenvalue weighted by Gasteiger charge is -2.25. The van der Waals surface area contributed by atoms with Gasteiger partial charge in [0.05, 0.1) is 17.4 Å². The monoisotopic (exact) mass is 568 g/mol. The average molecular weight is 569 g/mol. The van der Waals surface area contributed by atoms with E-state index in [9.17, 15) is 19.5 Å². The van der Waals surface area contributed by atoms with Gasteiger partial charge in [0.2, 0.25) is 5.78 Å². The molecule has 0 bridgehead atoms. The summed E-state index contributed by atoms with van der Waals surface area (Å²) in [5.74, 6) is -0.717. The number of carboxylic acids is 1. The molecule has 0 unspecified atom stereocenters.